The molecule has 1 fully saturated rings. The first-order chi connectivity index (χ1) is 9.84. The van der Waals surface area contributed by atoms with Crippen LogP contribution >= 0.6 is 24.2 Å². The summed E-state index contributed by atoms with van der Waals surface area (Å²) < 4.78 is 0. The topological polar surface area (TPSA) is 41.1 Å². The fourth-order valence-electron chi connectivity index (χ4n) is 3.05. The summed E-state index contributed by atoms with van der Waals surface area (Å²) in [5.74, 6) is 1.82. The summed E-state index contributed by atoms with van der Waals surface area (Å²) in [6.45, 7) is 2.97. The van der Waals surface area contributed by atoms with Crippen LogP contribution in [0.15, 0.2) is 24.3 Å². The highest BCUT2D eigenvalue weighted by Gasteiger charge is 2.27. The third-order valence-corrected chi connectivity index (χ3v) is 5.44. The molecule has 1 saturated heterocycles. The van der Waals surface area contributed by atoms with Gasteiger partial charge in [-0.25, -0.2) is 0 Å². The second-order valence-electron chi connectivity index (χ2n) is 5.66. The maximum Gasteiger partial charge on any atom is 0.237 e. The smallest absolute Gasteiger partial charge is 0.237 e. The normalized spacial score (nSPS) is 24.6. The standard InChI is InChI=1S/C16H22N2OS.ClH/c19-16(18-11-12-4-3-8-17-10-12)15-14-6-2-1-5-13(14)7-9-20-15;/h1-2,5-6,12,15,17H,3-4,7-11H2,(H,18,19);1H. The maximum atomic E-state index is 12.5. The number of thioether (sulfide) groups is 1. The molecule has 0 aliphatic carbocycles. The number of nitrogens with one attached hydrogen (secondary N) is 2. The quantitative estimate of drug-likeness (QED) is 0.897. The second-order valence-corrected chi connectivity index (χ2v) is 6.87. The molecule has 5 heteroatoms. The van der Waals surface area contributed by atoms with E-state index in [0.717, 1.165) is 31.8 Å². The Kier molecular flexibility index (Phi) is 6.40. The highest BCUT2D eigenvalue weighted by Crippen LogP contribution is 2.36. The van der Waals surface area contributed by atoms with Crippen LogP contribution in [0.25, 0.3) is 0 Å². The average molecular weight is 327 g/mol. The SMILES string of the molecule is Cl.O=C(NCC1CCCNC1)C1SCCc2ccccc21. The van der Waals surface area contributed by atoms with Crippen LogP contribution in [0.5, 0.6) is 0 Å². The first-order valence-electron chi connectivity index (χ1n) is 7.52. The third kappa shape index (κ3) is 4.15. The molecule has 0 bridgehead atoms. The lowest BCUT2D eigenvalue weighted by atomic mass is 9.99. The monoisotopic (exact) mass is 326 g/mol. The van der Waals surface area contributed by atoms with E-state index in [9.17, 15) is 4.79 Å². The highest BCUT2D eigenvalue weighted by molar-refractivity contribution is 8.00. The number of aryl methyl sites for hydroxylation is 1. The van der Waals surface area contributed by atoms with E-state index in [0.29, 0.717) is 5.92 Å². The zero-order valence-electron chi connectivity index (χ0n) is 12.1. The molecule has 2 heterocycles. The minimum atomic E-state index is -0.0171. The highest BCUT2D eigenvalue weighted by atomic mass is 35.5. The van der Waals surface area contributed by atoms with Gasteiger partial charge in [0, 0.05) is 6.54 Å². The van der Waals surface area contributed by atoms with Gasteiger partial charge in [0.2, 0.25) is 5.91 Å². The van der Waals surface area contributed by atoms with Crippen LogP contribution < -0.4 is 10.6 Å². The number of benzene rings is 1. The zero-order chi connectivity index (χ0) is 13.8. The van der Waals surface area contributed by atoms with Gasteiger partial charge in [-0.05, 0) is 55.1 Å². The molecule has 2 aliphatic heterocycles. The Morgan fingerprint density at radius 2 is 2.24 bits per heavy atom. The van der Waals surface area contributed by atoms with Gasteiger partial charge in [-0.3, -0.25) is 4.79 Å². The molecule has 2 atom stereocenters. The van der Waals surface area contributed by atoms with Gasteiger partial charge in [-0.1, -0.05) is 24.3 Å². The Hall–Kier alpha value is -0.710. The first-order valence-corrected chi connectivity index (χ1v) is 8.57. The van der Waals surface area contributed by atoms with Crippen LogP contribution in [-0.2, 0) is 11.2 Å². The Bertz CT molecular complexity index is 477. The van der Waals surface area contributed by atoms with Gasteiger partial charge in [0.1, 0.15) is 5.25 Å². The van der Waals surface area contributed by atoms with E-state index < -0.39 is 0 Å². The average Bonchev–Trinajstić information content (AvgIpc) is 2.53. The van der Waals surface area contributed by atoms with Crippen molar-refractivity contribution in [2.24, 2.45) is 5.92 Å². The van der Waals surface area contributed by atoms with Gasteiger partial charge in [-0.15, -0.1) is 24.2 Å². The molecule has 116 valence electrons. The maximum absolute atomic E-state index is 12.5. The number of halogens is 1. The van der Waals surface area contributed by atoms with E-state index in [2.05, 4.69) is 28.8 Å². The van der Waals surface area contributed by atoms with E-state index in [1.165, 1.54) is 24.0 Å². The molecule has 1 amide bonds. The van der Waals surface area contributed by atoms with Gasteiger partial charge >= 0.3 is 0 Å². The van der Waals surface area contributed by atoms with E-state index >= 15 is 0 Å². The number of carbonyl (C=O) groups is 1. The number of hydrogen-bond donors (Lipinski definition) is 2. The van der Waals surface area contributed by atoms with Gasteiger partial charge in [0.15, 0.2) is 0 Å². The summed E-state index contributed by atoms with van der Waals surface area (Å²) in [6, 6.07) is 8.36. The van der Waals surface area contributed by atoms with Crippen molar-refractivity contribution in [2.75, 3.05) is 25.4 Å². The van der Waals surface area contributed by atoms with Crippen LogP contribution in [-0.4, -0.2) is 31.3 Å². The van der Waals surface area contributed by atoms with Gasteiger partial charge < -0.3 is 10.6 Å². The lowest BCUT2D eigenvalue weighted by molar-refractivity contribution is -0.120. The molecule has 2 unspecified atom stereocenters. The Morgan fingerprint density at radius 1 is 1.38 bits per heavy atom. The predicted molar refractivity (Wildman–Crippen MR) is 91.2 cm³/mol. The van der Waals surface area contributed by atoms with E-state index in [-0.39, 0.29) is 23.6 Å². The Morgan fingerprint density at radius 3 is 3.05 bits per heavy atom. The number of hydrogen-bond acceptors (Lipinski definition) is 3. The largest absolute Gasteiger partial charge is 0.355 e. The summed E-state index contributed by atoms with van der Waals surface area (Å²) >= 11 is 1.77. The van der Waals surface area contributed by atoms with Crippen molar-refractivity contribution in [3.8, 4) is 0 Å². The van der Waals surface area contributed by atoms with Crippen molar-refractivity contribution < 1.29 is 4.79 Å². The minimum absolute atomic E-state index is 0. The fraction of sp³-hybridized carbons (Fsp3) is 0.562. The van der Waals surface area contributed by atoms with E-state index in [1.54, 1.807) is 11.8 Å². The molecule has 3 nitrogen and oxygen atoms in total. The predicted octanol–water partition coefficient (Wildman–Crippen LogP) is 2.55. The van der Waals surface area contributed by atoms with Crippen molar-refractivity contribution in [1.82, 2.24) is 10.6 Å². The summed E-state index contributed by atoms with van der Waals surface area (Å²) in [7, 11) is 0. The number of carbonyl (C=O) groups excluding carboxylic acids is 1. The lowest BCUT2D eigenvalue weighted by Gasteiger charge is -2.27. The molecule has 21 heavy (non-hydrogen) atoms. The Labute approximate surface area is 137 Å². The molecule has 2 N–H and O–H groups in total. The van der Waals surface area contributed by atoms with E-state index in [4.69, 9.17) is 0 Å². The molecule has 0 radical (unpaired) electrons. The fourth-order valence-corrected chi connectivity index (χ4v) is 4.26. The van der Waals surface area contributed by atoms with Crippen molar-refractivity contribution in [3.05, 3.63) is 35.4 Å². The van der Waals surface area contributed by atoms with E-state index in [1.807, 2.05) is 6.07 Å². The number of fused-ring (bicyclic) bond motifs is 1. The second kappa shape index (κ2) is 8.06. The minimum Gasteiger partial charge on any atom is -0.355 e. The Balaban J connectivity index is 0.00000161. The lowest BCUT2D eigenvalue weighted by Crippen LogP contribution is -2.39. The van der Waals surface area contributed by atoms with Gasteiger partial charge in [0.05, 0.1) is 0 Å². The molecule has 2 aliphatic rings. The van der Waals surface area contributed by atoms with Gasteiger partial charge in [-0.2, -0.15) is 0 Å². The third-order valence-electron chi connectivity index (χ3n) is 4.20. The van der Waals surface area contributed by atoms with Crippen molar-refractivity contribution in [1.29, 1.82) is 0 Å². The molecular weight excluding hydrogens is 304 g/mol. The van der Waals surface area contributed by atoms with Crippen LogP contribution in [0.2, 0.25) is 0 Å². The van der Waals surface area contributed by atoms with Crippen LogP contribution in [0.3, 0.4) is 0 Å². The van der Waals surface area contributed by atoms with Crippen LogP contribution in [0.1, 0.15) is 29.2 Å². The molecular formula is C16H23ClN2OS. The summed E-state index contributed by atoms with van der Waals surface area (Å²) in [6.07, 6.45) is 3.53. The number of rotatable bonds is 3. The van der Waals surface area contributed by atoms with Gasteiger partial charge in [0.25, 0.3) is 0 Å². The molecule has 0 spiro atoms. The number of piperidine rings is 1. The van der Waals surface area contributed by atoms with Crippen molar-refractivity contribution >= 4 is 30.1 Å². The molecule has 1 aromatic rings. The van der Waals surface area contributed by atoms with Crippen LogP contribution in [0.4, 0.5) is 0 Å². The molecule has 3 rings (SSSR count). The van der Waals surface area contributed by atoms with Crippen molar-refractivity contribution in [3.63, 3.8) is 0 Å². The summed E-state index contributed by atoms with van der Waals surface area (Å²) in [5, 5.41) is 6.54. The molecule has 0 aromatic heterocycles. The van der Waals surface area contributed by atoms with Crippen LogP contribution in [0, 0.1) is 5.92 Å². The number of amides is 1. The molecule has 0 saturated carbocycles. The first kappa shape index (κ1) is 16.7. The summed E-state index contributed by atoms with van der Waals surface area (Å²) in [5.41, 5.74) is 2.55. The summed E-state index contributed by atoms with van der Waals surface area (Å²) in [4.78, 5) is 12.5. The zero-order valence-corrected chi connectivity index (χ0v) is 13.8. The van der Waals surface area contributed by atoms with Crippen molar-refractivity contribution in [2.45, 2.75) is 24.5 Å². The molecule has 1 aromatic carbocycles.